The maximum absolute atomic E-state index is 12.3. The van der Waals surface area contributed by atoms with Gasteiger partial charge in [-0.3, -0.25) is 4.79 Å². The van der Waals surface area contributed by atoms with Crippen LogP contribution < -0.4 is 5.56 Å². The van der Waals surface area contributed by atoms with E-state index < -0.39 is 0 Å². The number of fused-ring (bicyclic) bond motifs is 1. The molecule has 1 aromatic carbocycles. The van der Waals surface area contributed by atoms with Crippen LogP contribution in [-0.4, -0.2) is 9.97 Å². The summed E-state index contributed by atoms with van der Waals surface area (Å²) in [4.78, 5) is 22.0. The fourth-order valence-electron chi connectivity index (χ4n) is 3.09. The SMILES string of the molecule is O=c1[nH]c(C2CCCC2)nc2sc(-c3ccccc3)cc12. The smallest absolute Gasteiger partial charge is 0.259 e. The second-order valence-corrected chi connectivity index (χ2v) is 6.66. The first kappa shape index (κ1) is 12.8. The Labute approximate surface area is 126 Å². The van der Waals surface area contributed by atoms with Crippen molar-refractivity contribution in [3.05, 3.63) is 52.6 Å². The predicted octanol–water partition coefficient (Wildman–Crippen LogP) is 4.31. The molecule has 3 nitrogen and oxygen atoms in total. The van der Waals surface area contributed by atoms with E-state index in [0.717, 1.165) is 33.9 Å². The highest BCUT2D eigenvalue weighted by atomic mass is 32.1. The van der Waals surface area contributed by atoms with E-state index in [2.05, 4.69) is 17.1 Å². The minimum absolute atomic E-state index is 0.000307. The van der Waals surface area contributed by atoms with E-state index >= 15 is 0 Å². The Hall–Kier alpha value is -1.94. The number of hydrogen-bond acceptors (Lipinski definition) is 3. The molecule has 3 aromatic rings. The van der Waals surface area contributed by atoms with Crippen LogP contribution in [0.2, 0.25) is 0 Å². The molecule has 0 unspecified atom stereocenters. The van der Waals surface area contributed by atoms with Crippen molar-refractivity contribution in [1.29, 1.82) is 0 Å². The molecule has 0 spiro atoms. The number of aromatic amines is 1. The van der Waals surface area contributed by atoms with Gasteiger partial charge in [0, 0.05) is 10.8 Å². The highest BCUT2D eigenvalue weighted by Gasteiger charge is 2.20. The van der Waals surface area contributed by atoms with Gasteiger partial charge in [-0.1, -0.05) is 43.2 Å². The van der Waals surface area contributed by atoms with Crippen LogP contribution in [0.5, 0.6) is 0 Å². The van der Waals surface area contributed by atoms with Gasteiger partial charge in [0.05, 0.1) is 5.39 Å². The molecule has 2 aromatic heterocycles. The summed E-state index contributed by atoms with van der Waals surface area (Å²) >= 11 is 1.61. The Morgan fingerprint density at radius 3 is 2.67 bits per heavy atom. The monoisotopic (exact) mass is 296 g/mol. The lowest BCUT2D eigenvalue weighted by atomic mass is 10.1. The number of benzene rings is 1. The van der Waals surface area contributed by atoms with Crippen molar-refractivity contribution >= 4 is 21.6 Å². The number of hydrogen-bond donors (Lipinski definition) is 1. The van der Waals surface area contributed by atoms with Crippen LogP contribution in [0, 0.1) is 0 Å². The summed E-state index contributed by atoms with van der Waals surface area (Å²) in [6.07, 6.45) is 4.77. The van der Waals surface area contributed by atoms with Gasteiger partial charge >= 0.3 is 0 Å². The van der Waals surface area contributed by atoms with Gasteiger partial charge in [0.1, 0.15) is 10.7 Å². The first-order valence-corrected chi connectivity index (χ1v) is 8.22. The van der Waals surface area contributed by atoms with Crippen LogP contribution in [0.1, 0.15) is 37.4 Å². The molecule has 0 radical (unpaired) electrons. The molecule has 0 bridgehead atoms. The molecule has 0 aliphatic heterocycles. The number of nitrogens with zero attached hydrogens (tertiary/aromatic N) is 1. The largest absolute Gasteiger partial charge is 0.310 e. The zero-order valence-electron chi connectivity index (χ0n) is 11.6. The molecule has 0 atom stereocenters. The molecule has 21 heavy (non-hydrogen) atoms. The van der Waals surface area contributed by atoms with E-state index in [-0.39, 0.29) is 5.56 Å². The molecule has 4 heteroatoms. The van der Waals surface area contributed by atoms with Gasteiger partial charge in [0.2, 0.25) is 0 Å². The Kier molecular flexibility index (Phi) is 3.11. The molecular formula is C17H16N2OS. The Morgan fingerprint density at radius 2 is 1.90 bits per heavy atom. The summed E-state index contributed by atoms with van der Waals surface area (Å²) < 4.78 is 0. The van der Waals surface area contributed by atoms with Crippen molar-refractivity contribution in [2.75, 3.05) is 0 Å². The molecule has 106 valence electrons. The van der Waals surface area contributed by atoms with Crippen molar-refractivity contribution in [1.82, 2.24) is 9.97 Å². The summed E-state index contributed by atoms with van der Waals surface area (Å²) in [6.45, 7) is 0. The third-order valence-corrected chi connectivity index (χ3v) is 5.30. The van der Waals surface area contributed by atoms with Crippen molar-refractivity contribution in [3.63, 3.8) is 0 Å². The minimum atomic E-state index is 0.000307. The summed E-state index contributed by atoms with van der Waals surface area (Å²) in [7, 11) is 0. The van der Waals surface area contributed by atoms with Crippen LogP contribution in [0.3, 0.4) is 0 Å². The Morgan fingerprint density at radius 1 is 1.14 bits per heavy atom. The molecular weight excluding hydrogens is 280 g/mol. The summed E-state index contributed by atoms with van der Waals surface area (Å²) in [5.74, 6) is 1.32. The van der Waals surface area contributed by atoms with Crippen molar-refractivity contribution < 1.29 is 0 Å². The third-order valence-electron chi connectivity index (χ3n) is 4.22. The fraction of sp³-hybridized carbons (Fsp3) is 0.294. The second-order valence-electron chi connectivity index (χ2n) is 5.63. The zero-order valence-corrected chi connectivity index (χ0v) is 12.5. The fourth-order valence-corrected chi connectivity index (χ4v) is 4.13. The van der Waals surface area contributed by atoms with Crippen molar-refractivity contribution in [3.8, 4) is 10.4 Å². The van der Waals surface area contributed by atoms with Gasteiger partial charge in [-0.15, -0.1) is 11.3 Å². The quantitative estimate of drug-likeness (QED) is 0.766. The van der Waals surface area contributed by atoms with Gasteiger partial charge in [0.15, 0.2) is 0 Å². The summed E-state index contributed by atoms with van der Waals surface area (Å²) in [5.41, 5.74) is 1.14. The Balaban J connectivity index is 1.84. The number of H-pyrrole nitrogens is 1. The topological polar surface area (TPSA) is 45.8 Å². The van der Waals surface area contributed by atoms with E-state index in [0.29, 0.717) is 11.3 Å². The van der Waals surface area contributed by atoms with E-state index in [1.807, 2.05) is 24.3 Å². The maximum Gasteiger partial charge on any atom is 0.259 e. The molecule has 0 saturated heterocycles. The molecule has 1 fully saturated rings. The molecule has 1 aliphatic carbocycles. The van der Waals surface area contributed by atoms with Gasteiger partial charge in [-0.25, -0.2) is 4.98 Å². The number of nitrogens with one attached hydrogen (secondary N) is 1. The van der Waals surface area contributed by atoms with Gasteiger partial charge < -0.3 is 4.98 Å². The second kappa shape index (κ2) is 5.11. The molecule has 1 aliphatic rings. The number of thiophene rings is 1. The standard InChI is InChI=1S/C17H16N2OS/c20-16-13-10-14(11-6-2-1-3-7-11)21-17(13)19-15(18-16)12-8-4-5-9-12/h1-3,6-7,10,12H,4-5,8-9H2,(H,18,19,20). The lowest BCUT2D eigenvalue weighted by Gasteiger charge is -2.06. The van der Waals surface area contributed by atoms with Crippen LogP contribution in [0.15, 0.2) is 41.2 Å². The maximum atomic E-state index is 12.3. The average Bonchev–Trinajstić information content (AvgIpc) is 3.17. The molecule has 4 rings (SSSR count). The average molecular weight is 296 g/mol. The lowest BCUT2D eigenvalue weighted by Crippen LogP contribution is -2.12. The minimum Gasteiger partial charge on any atom is -0.310 e. The molecule has 1 N–H and O–H groups in total. The van der Waals surface area contributed by atoms with Crippen molar-refractivity contribution in [2.45, 2.75) is 31.6 Å². The van der Waals surface area contributed by atoms with Gasteiger partial charge in [-0.2, -0.15) is 0 Å². The van der Waals surface area contributed by atoms with Gasteiger partial charge in [-0.05, 0) is 24.5 Å². The molecule has 1 saturated carbocycles. The third kappa shape index (κ3) is 2.29. The zero-order chi connectivity index (χ0) is 14.2. The van der Waals surface area contributed by atoms with E-state index in [4.69, 9.17) is 4.98 Å². The lowest BCUT2D eigenvalue weighted by molar-refractivity contribution is 0.670. The van der Waals surface area contributed by atoms with Crippen LogP contribution >= 0.6 is 11.3 Å². The van der Waals surface area contributed by atoms with Crippen LogP contribution in [0.4, 0.5) is 0 Å². The highest BCUT2D eigenvalue weighted by molar-refractivity contribution is 7.21. The number of aromatic nitrogens is 2. The van der Waals surface area contributed by atoms with Crippen LogP contribution in [0.25, 0.3) is 20.7 Å². The summed E-state index contributed by atoms with van der Waals surface area (Å²) in [5, 5.41) is 0.709. The Bertz CT molecular complexity index is 829. The number of rotatable bonds is 2. The van der Waals surface area contributed by atoms with Crippen LogP contribution in [-0.2, 0) is 0 Å². The first-order chi connectivity index (χ1) is 10.3. The predicted molar refractivity (Wildman–Crippen MR) is 86.9 cm³/mol. The summed E-state index contributed by atoms with van der Waals surface area (Å²) in [6, 6.07) is 12.1. The highest BCUT2D eigenvalue weighted by Crippen LogP contribution is 2.34. The normalized spacial score (nSPS) is 15.8. The first-order valence-electron chi connectivity index (χ1n) is 7.40. The van der Waals surface area contributed by atoms with E-state index in [9.17, 15) is 4.79 Å². The van der Waals surface area contributed by atoms with E-state index in [1.165, 1.54) is 12.8 Å². The van der Waals surface area contributed by atoms with E-state index in [1.54, 1.807) is 11.3 Å². The van der Waals surface area contributed by atoms with Crippen molar-refractivity contribution in [2.24, 2.45) is 0 Å². The molecule has 0 amide bonds. The molecule has 2 heterocycles. The van der Waals surface area contributed by atoms with Gasteiger partial charge in [0.25, 0.3) is 5.56 Å².